The van der Waals surface area contributed by atoms with Gasteiger partial charge in [-0.2, -0.15) is 5.10 Å². The number of amides is 1. The Morgan fingerprint density at radius 3 is 2.63 bits per heavy atom. The van der Waals surface area contributed by atoms with Crippen molar-refractivity contribution in [2.24, 2.45) is 5.10 Å². The zero-order valence-corrected chi connectivity index (χ0v) is 14.9. The largest absolute Gasteiger partial charge is 0.271 e. The maximum absolute atomic E-state index is 13.9. The molecule has 0 bridgehead atoms. The summed E-state index contributed by atoms with van der Waals surface area (Å²) in [6.45, 7) is -0.688. The third kappa shape index (κ3) is 5.57. The molecule has 0 heterocycles. The van der Waals surface area contributed by atoms with Crippen molar-refractivity contribution < 1.29 is 22.5 Å². The van der Waals surface area contributed by atoms with Crippen LogP contribution in [0, 0.1) is 15.9 Å². The van der Waals surface area contributed by atoms with Crippen LogP contribution in [0.25, 0.3) is 0 Å². The first-order valence-electron chi connectivity index (χ1n) is 7.47. The summed E-state index contributed by atoms with van der Waals surface area (Å²) < 4.78 is 38.3. The minimum Gasteiger partial charge on any atom is -0.271 e. The highest BCUT2D eigenvalue weighted by Gasteiger charge is 2.23. The van der Waals surface area contributed by atoms with E-state index < -0.39 is 33.2 Å². The van der Waals surface area contributed by atoms with Gasteiger partial charge in [0.1, 0.15) is 12.4 Å². The van der Waals surface area contributed by atoms with Crippen LogP contribution in [0.1, 0.15) is 5.56 Å². The lowest BCUT2D eigenvalue weighted by Crippen LogP contribution is -2.39. The first kappa shape index (κ1) is 20.0. The number of benzene rings is 2. The number of hydrazone groups is 1. The minimum atomic E-state index is -3.92. The SMILES string of the molecule is CS(=O)(=O)N(CC(=O)N/N=C\c1cccc([N+](=O)[O-])c1)c1ccccc1F. The molecule has 1 amide bonds. The molecule has 2 aromatic rings. The van der Waals surface area contributed by atoms with Crippen molar-refractivity contribution in [3.63, 3.8) is 0 Å². The lowest BCUT2D eigenvalue weighted by molar-refractivity contribution is -0.384. The van der Waals surface area contributed by atoms with E-state index in [1.165, 1.54) is 48.7 Å². The van der Waals surface area contributed by atoms with Gasteiger partial charge in [0.2, 0.25) is 10.0 Å². The zero-order chi connectivity index (χ0) is 20.0. The molecule has 0 spiro atoms. The zero-order valence-electron chi connectivity index (χ0n) is 14.1. The van der Waals surface area contributed by atoms with Gasteiger partial charge in [0, 0.05) is 17.7 Å². The molecule has 11 heteroatoms. The number of sulfonamides is 1. The van der Waals surface area contributed by atoms with Gasteiger partial charge in [-0.15, -0.1) is 0 Å². The Balaban J connectivity index is 2.10. The number of nitro benzene ring substituents is 1. The summed E-state index contributed by atoms with van der Waals surface area (Å²) in [5, 5.41) is 14.3. The Hall–Kier alpha value is -3.34. The summed E-state index contributed by atoms with van der Waals surface area (Å²) in [4.78, 5) is 22.1. The second kappa shape index (κ2) is 8.36. The van der Waals surface area contributed by atoms with Gasteiger partial charge >= 0.3 is 0 Å². The quantitative estimate of drug-likeness (QED) is 0.435. The second-order valence-electron chi connectivity index (χ2n) is 5.37. The van der Waals surface area contributed by atoms with Crippen molar-refractivity contribution >= 4 is 33.5 Å². The summed E-state index contributed by atoms with van der Waals surface area (Å²) in [6.07, 6.45) is 2.01. The molecule has 0 aliphatic carbocycles. The number of non-ortho nitro benzene ring substituents is 1. The van der Waals surface area contributed by atoms with Crippen molar-refractivity contribution in [3.8, 4) is 0 Å². The number of hydrogen-bond acceptors (Lipinski definition) is 6. The average Bonchev–Trinajstić information content (AvgIpc) is 2.60. The van der Waals surface area contributed by atoms with E-state index in [4.69, 9.17) is 0 Å². The number of hydrogen-bond donors (Lipinski definition) is 1. The van der Waals surface area contributed by atoms with Crippen LogP contribution in [-0.4, -0.2) is 38.3 Å². The second-order valence-corrected chi connectivity index (χ2v) is 7.27. The smallest absolute Gasteiger partial charge is 0.270 e. The van der Waals surface area contributed by atoms with Crippen molar-refractivity contribution in [2.45, 2.75) is 0 Å². The fraction of sp³-hybridized carbons (Fsp3) is 0.125. The molecule has 9 nitrogen and oxygen atoms in total. The van der Waals surface area contributed by atoms with Crippen LogP contribution in [0.4, 0.5) is 15.8 Å². The molecule has 0 saturated heterocycles. The Labute approximate surface area is 154 Å². The van der Waals surface area contributed by atoms with Crippen molar-refractivity contribution in [1.29, 1.82) is 0 Å². The van der Waals surface area contributed by atoms with Crippen molar-refractivity contribution in [1.82, 2.24) is 5.43 Å². The Morgan fingerprint density at radius 1 is 1.30 bits per heavy atom. The lowest BCUT2D eigenvalue weighted by Gasteiger charge is -2.21. The van der Waals surface area contributed by atoms with Crippen LogP contribution in [0.3, 0.4) is 0 Å². The highest BCUT2D eigenvalue weighted by Crippen LogP contribution is 2.20. The molecule has 0 atom stereocenters. The number of halogens is 1. The van der Waals surface area contributed by atoms with Gasteiger partial charge in [-0.1, -0.05) is 24.3 Å². The van der Waals surface area contributed by atoms with Gasteiger partial charge in [-0.05, 0) is 12.1 Å². The summed E-state index contributed by atoms with van der Waals surface area (Å²) >= 11 is 0. The maximum atomic E-state index is 13.9. The predicted octanol–water partition coefficient (Wildman–Crippen LogP) is 1.65. The molecular formula is C16H15FN4O5S. The van der Waals surface area contributed by atoms with E-state index in [-0.39, 0.29) is 11.4 Å². The highest BCUT2D eigenvalue weighted by atomic mass is 32.2. The van der Waals surface area contributed by atoms with Crippen LogP contribution in [-0.2, 0) is 14.8 Å². The van der Waals surface area contributed by atoms with E-state index in [2.05, 4.69) is 10.5 Å². The van der Waals surface area contributed by atoms with E-state index in [1.807, 2.05) is 0 Å². The molecule has 0 unspecified atom stereocenters. The molecule has 1 N–H and O–H groups in total. The number of rotatable bonds is 7. The fourth-order valence-electron chi connectivity index (χ4n) is 2.10. The Bertz CT molecular complexity index is 994. The summed E-state index contributed by atoms with van der Waals surface area (Å²) in [5.74, 6) is -1.61. The first-order valence-corrected chi connectivity index (χ1v) is 9.32. The fourth-order valence-corrected chi connectivity index (χ4v) is 2.96. The van der Waals surface area contributed by atoms with Crippen LogP contribution in [0.2, 0.25) is 0 Å². The van der Waals surface area contributed by atoms with Gasteiger partial charge in [0.15, 0.2) is 0 Å². The molecule has 2 rings (SSSR count). The highest BCUT2D eigenvalue weighted by molar-refractivity contribution is 7.92. The third-order valence-corrected chi connectivity index (χ3v) is 4.42. The average molecular weight is 394 g/mol. The number of anilines is 1. The van der Waals surface area contributed by atoms with Gasteiger partial charge in [0.05, 0.1) is 23.1 Å². The lowest BCUT2D eigenvalue weighted by atomic mass is 10.2. The molecule has 0 aliphatic heterocycles. The Kier molecular flexibility index (Phi) is 6.19. The van der Waals surface area contributed by atoms with Crippen LogP contribution in [0.5, 0.6) is 0 Å². The molecular weight excluding hydrogens is 379 g/mol. The van der Waals surface area contributed by atoms with E-state index in [1.54, 1.807) is 0 Å². The van der Waals surface area contributed by atoms with Gasteiger partial charge in [0.25, 0.3) is 11.6 Å². The number of para-hydroxylation sites is 1. The summed E-state index contributed by atoms with van der Waals surface area (Å²) in [7, 11) is -3.92. The third-order valence-electron chi connectivity index (χ3n) is 3.29. The summed E-state index contributed by atoms with van der Waals surface area (Å²) in [6, 6.07) is 10.7. The van der Waals surface area contributed by atoms with Gasteiger partial charge in [-0.3, -0.25) is 19.2 Å². The number of carbonyl (C=O) groups is 1. The monoisotopic (exact) mass is 394 g/mol. The molecule has 0 radical (unpaired) electrons. The van der Waals surface area contributed by atoms with E-state index >= 15 is 0 Å². The number of carbonyl (C=O) groups excluding carboxylic acids is 1. The molecule has 0 aliphatic rings. The number of nitrogens with one attached hydrogen (secondary N) is 1. The molecule has 2 aromatic carbocycles. The number of nitrogens with zero attached hydrogens (tertiary/aromatic N) is 3. The minimum absolute atomic E-state index is 0.145. The molecule has 0 aromatic heterocycles. The number of nitro groups is 1. The van der Waals surface area contributed by atoms with E-state index in [0.29, 0.717) is 9.87 Å². The van der Waals surface area contributed by atoms with E-state index in [9.17, 15) is 27.7 Å². The molecule has 27 heavy (non-hydrogen) atoms. The maximum Gasteiger partial charge on any atom is 0.270 e. The molecule has 142 valence electrons. The topological polar surface area (TPSA) is 122 Å². The van der Waals surface area contributed by atoms with Crippen molar-refractivity contribution in [2.75, 3.05) is 17.1 Å². The van der Waals surface area contributed by atoms with Gasteiger partial charge in [-0.25, -0.2) is 18.2 Å². The standard InChI is InChI=1S/C16H15FN4O5S/c1-27(25,26)20(15-8-3-2-7-14(15)17)11-16(22)19-18-10-12-5-4-6-13(9-12)21(23)24/h2-10H,11H2,1H3,(H,19,22)/b18-10-. The predicted molar refractivity (Wildman–Crippen MR) is 97.4 cm³/mol. The van der Waals surface area contributed by atoms with Crippen LogP contribution < -0.4 is 9.73 Å². The van der Waals surface area contributed by atoms with Crippen LogP contribution >= 0.6 is 0 Å². The molecule has 0 fully saturated rings. The summed E-state index contributed by atoms with van der Waals surface area (Å²) in [5.41, 5.74) is 2.05. The molecule has 0 saturated carbocycles. The van der Waals surface area contributed by atoms with Crippen LogP contribution in [0.15, 0.2) is 53.6 Å². The van der Waals surface area contributed by atoms with Crippen molar-refractivity contribution in [3.05, 3.63) is 70.0 Å². The van der Waals surface area contributed by atoms with E-state index in [0.717, 1.165) is 12.3 Å². The Morgan fingerprint density at radius 2 is 2.00 bits per heavy atom. The van der Waals surface area contributed by atoms with Gasteiger partial charge < -0.3 is 0 Å². The normalized spacial score (nSPS) is 11.3. The first-order chi connectivity index (χ1) is 12.7.